The Hall–Kier alpha value is -1.62. The molecular formula is C15H23N3O2. The molecule has 2 rings (SSSR count). The number of hydrogen-bond acceptors (Lipinski definition) is 4. The molecule has 0 atom stereocenters. The van der Waals surface area contributed by atoms with E-state index in [1.54, 1.807) is 6.07 Å². The van der Waals surface area contributed by atoms with Crippen molar-refractivity contribution in [2.24, 2.45) is 0 Å². The maximum Gasteiger partial charge on any atom is 0.292 e. The van der Waals surface area contributed by atoms with Gasteiger partial charge in [0.05, 0.1) is 4.92 Å². The molecule has 1 saturated carbocycles. The number of nitrogens with zero attached hydrogens (tertiary/aromatic N) is 2. The Morgan fingerprint density at radius 3 is 2.70 bits per heavy atom. The topological polar surface area (TPSA) is 58.4 Å². The Morgan fingerprint density at radius 1 is 1.40 bits per heavy atom. The zero-order valence-corrected chi connectivity index (χ0v) is 12.3. The lowest BCUT2D eigenvalue weighted by atomic mass is 10.1. The van der Waals surface area contributed by atoms with Gasteiger partial charge in [-0.15, -0.1) is 0 Å². The summed E-state index contributed by atoms with van der Waals surface area (Å²) in [5.41, 5.74) is 1.90. The average Bonchev–Trinajstić information content (AvgIpc) is 2.93. The number of nitro benzene ring substituents is 1. The van der Waals surface area contributed by atoms with E-state index < -0.39 is 0 Å². The number of hydrogen-bond donors (Lipinski definition) is 1. The molecule has 0 heterocycles. The van der Waals surface area contributed by atoms with Gasteiger partial charge in [-0.1, -0.05) is 18.9 Å². The fourth-order valence-electron chi connectivity index (χ4n) is 2.93. The first-order chi connectivity index (χ1) is 9.61. The summed E-state index contributed by atoms with van der Waals surface area (Å²) in [5, 5.41) is 14.1. The molecule has 1 aromatic rings. The first kappa shape index (κ1) is 14.8. The highest BCUT2D eigenvalue weighted by atomic mass is 16.6. The van der Waals surface area contributed by atoms with Crippen molar-refractivity contribution in [1.82, 2.24) is 4.90 Å². The number of rotatable bonds is 6. The smallest absolute Gasteiger partial charge is 0.292 e. The quantitative estimate of drug-likeness (QED) is 0.639. The van der Waals surface area contributed by atoms with Gasteiger partial charge in [-0.3, -0.25) is 15.0 Å². The molecule has 1 aromatic carbocycles. The van der Waals surface area contributed by atoms with Crippen molar-refractivity contribution in [3.8, 4) is 0 Å². The molecule has 1 aliphatic carbocycles. The van der Waals surface area contributed by atoms with Crippen LogP contribution in [0.25, 0.3) is 0 Å². The second kappa shape index (κ2) is 6.70. The van der Waals surface area contributed by atoms with Gasteiger partial charge in [0, 0.05) is 25.2 Å². The highest BCUT2D eigenvalue weighted by molar-refractivity contribution is 5.62. The molecule has 20 heavy (non-hydrogen) atoms. The third kappa shape index (κ3) is 3.48. The standard InChI is InChI=1S/C15H23N3O2/c1-3-16-14-10-12(8-9-15(14)18(19)20)11-17(2)13-6-4-5-7-13/h8-10,13,16H,3-7,11H2,1-2H3. The van der Waals surface area contributed by atoms with Crippen LogP contribution >= 0.6 is 0 Å². The van der Waals surface area contributed by atoms with Crippen LogP contribution in [0.3, 0.4) is 0 Å². The van der Waals surface area contributed by atoms with Gasteiger partial charge >= 0.3 is 0 Å². The Labute approximate surface area is 120 Å². The molecular weight excluding hydrogens is 254 g/mol. The molecule has 5 heteroatoms. The molecule has 0 saturated heterocycles. The first-order valence-corrected chi connectivity index (χ1v) is 7.33. The molecule has 0 aromatic heterocycles. The number of benzene rings is 1. The first-order valence-electron chi connectivity index (χ1n) is 7.33. The number of nitrogens with one attached hydrogen (secondary N) is 1. The van der Waals surface area contributed by atoms with Crippen LogP contribution in [0.4, 0.5) is 11.4 Å². The molecule has 0 radical (unpaired) electrons. The Bertz CT molecular complexity index is 470. The van der Waals surface area contributed by atoms with E-state index in [2.05, 4.69) is 17.3 Å². The number of anilines is 1. The molecule has 1 aliphatic rings. The van der Waals surface area contributed by atoms with Crippen molar-refractivity contribution in [3.63, 3.8) is 0 Å². The largest absolute Gasteiger partial charge is 0.380 e. The van der Waals surface area contributed by atoms with Crippen LogP contribution in [0.1, 0.15) is 38.2 Å². The van der Waals surface area contributed by atoms with E-state index >= 15 is 0 Å². The van der Waals surface area contributed by atoms with Gasteiger partial charge < -0.3 is 5.32 Å². The van der Waals surface area contributed by atoms with Gasteiger partial charge in [-0.05, 0) is 38.4 Å². The van der Waals surface area contributed by atoms with E-state index in [0.29, 0.717) is 18.3 Å². The van der Waals surface area contributed by atoms with Crippen LogP contribution in [-0.4, -0.2) is 29.5 Å². The highest BCUT2D eigenvalue weighted by Crippen LogP contribution is 2.28. The molecule has 0 bridgehead atoms. The Morgan fingerprint density at radius 2 is 2.10 bits per heavy atom. The third-order valence-electron chi connectivity index (χ3n) is 4.00. The Balaban J connectivity index is 2.11. The minimum Gasteiger partial charge on any atom is -0.380 e. The van der Waals surface area contributed by atoms with Crippen LogP contribution in [0, 0.1) is 10.1 Å². The van der Waals surface area contributed by atoms with Gasteiger partial charge in [0.2, 0.25) is 0 Å². The normalized spacial score (nSPS) is 15.8. The Kier molecular flexibility index (Phi) is 4.95. The van der Waals surface area contributed by atoms with Crippen LogP contribution in [0.5, 0.6) is 0 Å². The summed E-state index contributed by atoms with van der Waals surface area (Å²) in [6.07, 6.45) is 5.17. The summed E-state index contributed by atoms with van der Waals surface area (Å²) in [7, 11) is 2.14. The maximum absolute atomic E-state index is 11.0. The molecule has 0 amide bonds. The van der Waals surface area contributed by atoms with Crippen LogP contribution < -0.4 is 5.32 Å². The lowest BCUT2D eigenvalue weighted by molar-refractivity contribution is -0.384. The molecule has 110 valence electrons. The van der Waals surface area contributed by atoms with Gasteiger partial charge in [0.25, 0.3) is 5.69 Å². The molecule has 5 nitrogen and oxygen atoms in total. The zero-order chi connectivity index (χ0) is 14.5. The minimum absolute atomic E-state index is 0.152. The molecule has 1 N–H and O–H groups in total. The number of nitro groups is 1. The summed E-state index contributed by atoms with van der Waals surface area (Å²) in [5.74, 6) is 0. The van der Waals surface area contributed by atoms with Gasteiger partial charge in [-0.25, -0.2) is 0 Å². The average molecular weight is 277 g/mol. The predicted octanol–water partition coefficient (Wildman–Crippen LogP) is 3.40. The van der Waals surface area contributed by atoms with Crippen molar-refractivity contribution in [2.45, 2.75) is 45.2 Å². The second-order valence-electron chi connectivity index (χ2n) is 5.49. The van der Waals surface area contributed by atoms with Gasteiger partial charge in [0.1, 0.15) is 5.69 Å². The summed E-state index contributed by atoms with van der Waals surface area (Å²) in [6.45, 7) is 3.48. The van der Waals surface area contributed by atoms with Crippen molar-refractivity contribution < 1.29 is 4.92 Å². The summed E-state index contributed by atoms with van der Waals surface area (Å²) < 4.78 is 0. The van der Waals surface area contributed by atoms with E-state index in [0.717, 1.165) is 12.1 Å². The fraction of sp³-hybridized carbons (Fsp3) is 0.600. The van der Waals surface area contributed by atoms with Crippen molar-refractivity contribution in [2.75, 3.05) is 18.9 Å². The summed E-state index contributed by atoms with van der Waals surface area (Å²) >= 11 is 0. The maximum atomic E-state index is 11.0. The third-order valence-corrected chi connectivity index (χ3v) is 4.00. The fourth-order valence-corrected chi connectivity index (χ4v) is 2.93. The predicted molar refractivity (Wildman–Crippen MR) is 81.0 cm³/mol. The second-order valence-corrected chi connectivity index (χ2v) is 5.49. The van der Waals surface area contributed by atoms with Gasteiger partial charge in [-0.2, -0.15) is 0 Å². The molecule has 0 spiro atoms. The summed E-state index contributed by atoms with van der Waals surface area (Å²) in [4.78, 5) is 13.0. The van der Waals surface area contributed by atoms with E-state index in [1.807, 2.05) is 19.1 Å². The minimum atomic E-state index is -0.331. The lowest BCUT2D eigenvalue weighted by Crippen LogP contribution is -2.28. The summed E-state index contributed by atoms with van der Waals surface area (Å²) in [6, 6.07) is 6.04. The SMILES string of the molecule is CCNc1cc(CN(C)C2CCCC2)ccc1[N+](=O)[O-]. The van der Waals surface area contributed by atoms with Crippen LogP contribution in [0.15, 0.2) is 18.2 Å². The van der Waals surface area contributed by atoms with Gasteiger partial charge in [0.15, 0.2) is 0 Å². The van der Waals surface area contributed by atoms with E-state index in [9.17, 15) is 10.1 Å². The van der Waals surface area contributed by atoms with Crippen LogP contribution in [0.2, 0.25) is 0 Å². The van der Waals surface area contributed by atoms with E-state index in [-0.39, 0.29) is 10.6 Å². The van der Waals surface area contributed by atoms with E-state index in [1.165, 1.54) is 25.7 Å². The monoisotopic (exact) mass is 277 g/mol. The molecule has 0 aliphatic heterocycles. The van der Waals surface area contributed by atoms with Crippen molar-refractivity contribution in [1.29, 1.82) is 0 Å². The van der Waals surface area contributed by atoms with E-state index in [4.69, 9.17) is 0 Å². The zero-order valence-electron chi connectivity index (χ0n) is 12.3. The van der Waals surface area contributed by atoms with Crippen LogP contribution in [-0.2, 0) is 6.54 Å². The van der Waals surface area contributed by atoms with Crippen molar-refractivity contribution >= 4 is 11.4 Å². The molecule has 0 unspecified atom stereocenters. The molecule has 1 fully saturated rings. The lowest BCUT2D eigenvalue weighted by Gasteiger charge is -2.24. The highest BCUT2D eigenvalue weighted by Gasteiger charge is 2.20. The van der Waals surface area contributed by atoms with Crippen molar-refractivity contribution in [3.05, 3.63) is 33.9 Å².